The molecule has 0 aromatic heterocycles. The monoisotopic (exact) mass is 218 g/mol. The van der Waals surface area contributed by atoms with Crippen molar-refractivity contribution < 1.29 is 8.78 Å². The van der Waals surface area contributed by atoms with Crippen LogP contribution >= 0.6 is 0 Å². The summed E-state index contributed by atoms with van der Waals surface area (Å²) in [5.41, 5.74) is 4.52. The third-order valence-corrected chi connectivity index (χ3v) is 3.98. The Labute approximate surface area is 89.8 Å². The van der Waals surface area contributed by atoms with Crippen molar-refractivity contribution in [2.45, 2.75) is 56.5 Å². The second-order valence-electron chi connectivity index (χ2n) is 5.01. The molecule has 2 rings (SSSR count). The highest BCUT2D eigenvalue weighted by Crippen LogP contribution is 2.31. The third kappa shape index (κ3) is 2.31. The third-order valence-electron chi connectivity index (χ3n) is 3.98. The first-order chi connectivity index (χ1) is 7.12. The predicted molar refractivity (Wildman–Crippen MR) is 56.0 cm³/mol. The fraction of sp³-hybridized carbons (Fsp3) is 1.00. The molecule has 1 heterocycles. The molecule has 15 heavy (non-hydrogen) atoms. The first-order valence-corrected chi connectivity index (χ1v) is 5.93. The van der Waals surface area contributed by atoms with Crippen molar-refractivity contribution >= 4 is 0 Å². The lowest BCUT2D eigenvalue weighted by Crippen LogP contribution is -2.48. The van der Waals surface area contributed by atoms with E-state index in [1.807, 2.05) is 0 Å². The van der Waals surface area contributed by atoms with Gasteiger partial charge in [0, 0.05) is 12.6 Å². The smallest absolute Gasteiger partial charge is 0.256 e. The van der Waals surface area contributed by atoms with Gasteiger partial charge >= 0.3 is 0 Å². The molecule has 1 saturated carbocycles. The Balaban J connectivity index is 1.91. The molecule has 0 radical (unpaired) electrons. The number of likely N-dealkylation sites (tertiary alicyclic amines) is 1. The van der Waals surface area contributed by atoms with Crippen LogP contribution in [0.3, 0.4) is 0 Å². The largest absolute Gasteiger partial charge is 0.320 e. The highest BCUT2D eigenvalue weighted by molar-refractivity contribution is 4.92. The summed E-state index contributed by atoms with van der Waals surface area (Å²) in [6, 6.07) is 0.657. The Kier molecular flexibility index (Phi) is 3.26. The summed E-state index contributed by atoms with van der Waals surface area (Å²) in [5, 5.41) is 0. The molecule has 0 aromatic rings. The van der Waals surface area contributed by atoms with Crippen molar-refractivity contribution in [3.8, 4) is 0 Å². The van der Waals surface area contributed by atoms with E-state index in [9.17, 15) is 8.78 Å². The lowest BCUT2D eigenvalue weighted by Gasteiger charge is -2.37. The van der Waals surface area contributed by atoms with E-state index in [2.05, 4.69) is 4.90 Å². The van der Waals surface area contributed by atoms with Crippen molar-refractivity contribution in [3.63, 3.8) is 0 Å². The normalized spacial score (nSPS) is 35.2. The lowest BCUT2D eigenvalue weighted by atomic mass is 9.91. The minimum atomic E-state index is -2.38. The van der Waals surface area contributed by atoms with Gasteiger partial charge in [0.1, 0.15) is 0 Å². The second-order valence-corrected chi connectivity index (χ2v) is 5.01. The van der Waals surface area contributed by atoms with E-state index < -0.39 is 12.0 Å². The quantitative estimate of drug-likeness (QED) is 0.768. The van der Waals surface area contributed by atoms with E-state index in [0.717, 1.165) is 19.5 Å². The van der Waals surface area contributed by atoms with Crippen molar-refractivity contribution in [1.29, 1.82) is 0 Å². The van der Waals surface area contributed by atoms with Crippen LogP contribution in [0.5, 0.6) is 0 Å². The number of hydrogen-bond donors (Lipinski definition) is 1. The van der Waals surface area contributed by atoms with Gasteiger partial charge in [0.2, 0.25) is 0 Å². The average molecular weight is 218 g/mol. The van der Waals surface area contributed by atoms with E-state index in [0.29, 0.717) is 18.9 Å². The molecule has 2 aliphatic rings. The standard InChI is InChI=1S/C11H20F2N2/c12-10(13)11(14)5-2-7-15(8-6-11)9-3-1-4-9/h9-10H,1-8,14H2. The van der Waals surface area contributed by atoms with E-state index in [4.69, 9.17) is 5.73 Å². The van der Waals surface area contributed by atoms with Gasteiger partial charge in [0.05, 0.1) is 5.54 Å². The van der Waals surface area contributed by atoms with Crippen LogP contribution in [0.4, 0.5) is 8.78 Å². The Morgan fingerprint density at radius 2 is 1.87 bits per heavy atom. The Morgan fingerprint density at radius 1 is 1.13 bits per heavy atom. The number of nitrogens with two attached hydrogens (primary N) is 1. The van der Waals surface area contributed by atoms with E-state index in [1.165, 1.54) is 19.3 Å². The molecule has 1 aliphatic carbocycles. The van der Waals surface area contributed by atoms with Crippen molar-refractivity contribution in [3.05, 3.63) is 0 Å². The molecule has 2 nitrogen and oxygen atoms in total. The Morgan fingerprint density at radius 3 is 2.40 bits per heavy atom. The molecule has 1 saturated heterocycles. The SMILES string of the molecule is NC1(C(F)F)CCCN(C2CCC2)CC1. The molecular formula is C11H20F2N2. The molecular weight excluding hydrogens is 198 g/mol. The zero-order valence-corrected chi connectivity index (χ0v) is 9.09. The van der Waals surface area contributed by atoms with Gasteiger partial charge in [0.15, 0.2) is 0 Å². The van der Waals surface area contributed by atoms with Gasteiger partial charge in [-0.2, -0.15) is 0 Å². The number of nitrogens with zero attached hydrogens (tertiary/aromatic N) is 1. The Bertz CT molecular complexity index is 219. The van der Waals surface area contributed by atoms with Crippen LogP contribution in [0.15, 0.2) is 0 Å². The van der Waals surface area contributed by atoms with Crippen LogP contribution in [-0.4, -0.2) is 36.0 Å². The van der Waals surface area contributed by atoms with Gasteiger partial charge in [-0.15, -0.1) is 0 Å². The van der Waals surface area contributed by atoms with Gasteiger partial charge in [-0.05, 0) is 38.6 Å². The molecule has 1 aliphatic heterocycles. The molecule has 1 unspecified atom stereocenters. The number of halogens is 2. The van der Waals surface area contributed by atoms with Crippen LogP contribution in [0.25, 0.3) is 0 Å². The minimum absolute atomic E-state index is 0.446. The molecule has 0 bridgehead atoms. The molecule has 0 aromatic carbocycles. The maximum absolute atomic E-state index is 12.8. The van der Waals surface area contributed by atoms with Crippen molar-refractivity contribution in [2.24, 2.45) is 5.73 Å². The van der Waals surface area contributed by atoms with Crippen LogP contribution in [0.2, 0.25) is 0 Å². The van der Waals surface area contributed by atoms with E-state index in [-0.39, 0.29) is 0 Å². The lowest BCUT2D eigenvalue weighted by molar-refractivity contribution is 0.0421. The summed E-state index contributed by atoms with van der Waals surface area (Å²) in [7, 11) is 0. The van der Waals surface area contributed by atoms with Gasteiger partial charge < -0.3 is 10.6 Å². The highest BCUT2D eigenvalue weighted by atomic mass is 19.3. The van der Waals surface area contributed by atoms with E-state index >= 15 is 0 Å². The first-order valence-electron chi connectivity index (χ1n) is 5.93. The fourth-order valence-corrected chi connectivity index (χ4v) is 2.54. The zero-order valence-electron chi connectivity index (χ0n) is 9.09. The minimum Gasteiger partial charge on any atom is -0.320 e. The average Bonchev–Trinajstić information content (AvgIpc) is 2.27. The summed E-state index contributed by atoms with van der Waals surface area (Å²) in [5.74, 6) is 0. The number of hydrogen-bond acceptors (Lipinski definition) is 2. The molecule has 1 atom stereocenters. The first kappa shape index (κ1) is 11.3. The predicted octanol–water partition coefficient (Wildman–Crippen LogP) is 1.99. The topological polar surface area (TPSA) is 29.3 Å². The van der Waals surface area contributed by atoms with Crippen LogP contribution < -0.4 is 5.73 Å². The van der Waals surface area contributed by atoms with Gasteiger partial charge in [0.25, 0.3) is 6.43 Å². The molecule has 2 fully saturated rings. The van der Waals surface area contributed by atoms with Crippen molar-refractivity contribution in [2.75, 3.05) is 13.1 Å². The highest BCUT2D eigenvalue weighted by Gasteiger charge is 2.38. The van der Waals surface area contributed by atoms with Crippen LogP contribution in [-0.2, 0) is 0 Å². The van der Waals surface area contributed by atoms with Crippen LogP contribution in [0, 0.1) is 0 Å². The molecule has 2 N–H and O–H groups in total. The maximum Gasteiger partial charge on any atom is 0.256 e. The van der Waals surface area contributed by atoms with Crippen LogP contribution in [0.1, 0.15) is 38.5 Å². The van der Waals surface area contributed by atoms with Gasteiger partial charge in [-0.25, -0.2) is 8.78 Å². The van der Waals surface area contributed by atoms with Gasteiger partial charge in [-0.1, -0.05) is 6.42 Å². The number of alkyl halides is 2. The summed E-state index contributed by atoms with van der Waals surface area (Å²) >= 11 is 0. The fourth-order valence-electron chi connectivity index (χ4n) is 2.54. The van der Waals surface area contributed by atoms with E-state index in [1.54, 1.807) is 0 Å². The molecule has 0 spiro atoms. The Hall–Kier alpha value is -0.220. The summed E-state index contributed by atoms with van der Waals surface area (Å²) in [4.78, 5) is 2.36. The van der Waals surface area contributed by atoms with Crippen molar-refractivity contribution in [1.82, 2.24) is 4.90 Å². The molecule has 4 heteroatoms. The summed E-state index contributed by atoms with van der Waals surface area (Å²) < 4.78 is 25.5. The number of rotatable bonds is 2. The molecule has 88 valence electrons. The molecule has 0 amide bonds. The second kappa shape index (κ2) is 4.34. The van der Waals surface area contributed by atoms with Gasteiger partial charge in [-0.3, -0.25) is 0 Å². The zero-order chi connectivity index (χ0) is 10.9. The summed E-state index contributed by atoms with van der Waals surface area (Å²) in [6.07, 6.45) is 3.13. The summed E-state index contributed by atoms with van der Waals surface area (Å²) in [6.45, 7) is 1.71. The maximum atomic E-state index is 12.8.